The third kappa shape index (κ3) is 3.07. The van der Waals surface area contributed by atoms with Gasteiger partial charge in [-0.25, -0.2) is 4.68 Å². The van der Waals surface area contributed by atoms with Gasteiger partial charge in [0.2, 0.25) is 5.91 Å². The van der Waals surface area contributed by atoms with Crippen LogP contribution in [0, 0.1) is 0 Å². The van der Waals surface area contributed by atoms with E-state index in [1.807, 2.05) is 13.8 Å². The number of anilines is 1. The predicted octanol–water partition coefficient (Wildman–Crippen LogP) is 1.17. The van der Waals surface area contributed by atoms with Crippen molar-refractivity contribution in [3.05, 3.63) is 21.6 Å². The minimum atomic E-state index is -0.304. The van der Waals surface area contributed by atoms with Crippen molar-refractivity contribution in [1.29, 1.82) is 0 Å². The molecule has 1 saturated heterocycles. The first-order valence-electron chi connectivity index (χ1n) is 6.29. The number of hydrogen-bond acceptors (Lipinski definition) is 4. The summed E-state index contributed by atoms with van der Waals surface area (Å²) < 4.78 is 1.34. The van der Waals surface area contributed by atoms with E-state index in [1.165, 1.54) is 4.68 Å². The number of hydrogen-bond donors (Lipinski definition) is 2. The number of carbonyl (C=O) groups is 1. The molecular formula is C12H17ClN4O2. The Balaban J connectivity index is 2.15. The molecule has 1 fully saturated rings. The zero-order valence-electron chi connectivity index (χ0n) is 10.9. The Kier molecular flexibility index (Phi) is 4.09. The highest BCUT2D eigenvalue weighted by atomic mass is 35.5. The molecule has 19 heavy (non-hydrogen) atoms. The van der Waals surface area contributed by atoms with Gasteiger partial charge in [0.15, 0.2) is 0 Å². The second kappa shape index (κ2) is 5.61. The average molecular weight is 285 g/mol. The van der Waals surface area contributed by atoms with Crippen molar-refractivity contribution in [2.24, 2.45) is 0 Å². The summed E-state index contributed by atoms with van der Waals surface area (Å²) in [6, 6.07) is 0.0410. The minimum Gasteiger partial charge on any atom is -0.378 e. The number of carbonyl (C=O) groups excluding carboxylic acids is 1. The van der Waals surface area contributed by atoms with E-state index in [2.05, 4.69) is 15.7 Å². The summed E-state index contributed by atoms with van der Waals surface area (Å²) in [5, 5.41) is 10.2. The highest BCUT2D eigenvalue weighted by Gasteiger charge is 2.20. The summed E-state index contributed by atoms with van der Waals surface area (Å²) in [6.07, 6.45) is 2.75. The fourth-order valence-corrected chi connectivity index (χ4v) is 2.18. The average Bonchev–Trinajstić information content (AvgIpc) is 2.37. The molecule has 0 saturated carbocycles. The van der Waals surface area contributed by atoms with Gasteiger partial charge in [-0.05, 0) is 20.3 Å². The third-order valence-electron chi connectivity index (χ3n) is 3.06. The van der Waals surface area contributed by atoms with Gasteiger partial charge < -0.3 is 10.6 Å². The molecule has 2 rings (SSSR count). The molecule has 2 N–H and O–H groups in total. The smallest absolute Gasteiger partial charge is 0.287 e. The number of aromatic nitrogens is 2. The lowest BCUT2D eigenvalue weighted by atomic mass is 10.1. The lowest BCUT2D eigenvalue weighted by Gasteiger charge is -2.24. The number of halogens is 1. The van der Waals surface area contributed by atoms with Crippen LogP contribution < -0.4 is 16.2 Å². The SMILES string of the molecule is CC(C)n1ncc(NC2CCC(=O)NC2)c(Cl)c1=O. The molecule has 1 aromatic rings. The molecule has 0 bridgehead atoms. The van der Waals surface area contributed by atoms with Crippen molar-refractivity contribution in [3.63, 3.8) is 0 Å². The van der Waals surface area contributed by atoms with Gasteiger partial charge in [0.05, 0.1) is 17.9 Å². The molecule has 1 atom stereocenters. The summed E-state index contributed by atoms with van der Waals surface area (Å²) in [4.78, 5) is 23.1. The number of rotatable bonds is 3. The summed E-state index contributed by atoms with van der Waals surface area (Å²) in [7, 11) is 0. The van der Waals surface area contributed by atoms with E-state index in [9.17, 15) is 9.59 Å². The number of amides is 1. The second-order valence-electron chi connectivity index (χ2n) is 4.90. The molecule has 2 heterocycles. The molecule has 1 amide bonds. The van der Waals surface area contributed by atoms with Gasteiger partial charge in [-0.15, -0.1) is 0 Å². The van der Waals surface area contributed by atoms with Crippen LogP contribution in [0.25, 0.3) is 0 Å². The van der Waals surface area contributed by atoms with Crippen LogP contribution in [0.1, 0.15) is 32.7 Å². The zero-order valence-corrected chi connectivity index (χ0v) is 11.7. The van der Waals surface area contributed by atoms with E-state index in [0.29, 0.717) is 18.7 Å². The van der Waals surface area contributed by atoms with E-state index >= 15 is 0 Å². The molecule has 6 nitrogen and oxygen atoms in total. The van der Waals surface area contributed by atoms with Crippen LogP contribution in [-0.4, -0.2) is 28.3 Å². The summed E-state index contributed by atoms with van der Waals surface area (Å²) in [5.74, 6) is 0.0532. The Hall–Kier alpha value is -1.56. The van der Waals surface area contributed by atoms with Crippen LogP contribution in [0.2, 0.25) is 5.02 Å². The van der Waals surface area contributed by atoms with E-state index in [0.717, 1.165) is 6.42 Å². The van der Waals surface area contributed by atoms with Gasteiger partial charge in [-0.1, -0.05) is 11.6 Å². The highest BCUT2D eigenvalue weighted by molar-refractivity contribution is 6.32. The van der Waals surface area contributed by atoms with Crippen LogP contribution in [0.15, 0.2) is 11.0 Å². The molecule has 0 radical (unpaired) electrons. The van der Waals surface area contributed by atoms with Gasteiger partial charge in [0.1, 0.15) is 5.02 Å². The summed E-state index contributed by atoms with van der Waals surface area (Å²) in [6.45, 7) is 4.27. The number of nitrogens with zero attached hydrogens (tertiary/aromatic N) is 2. The Labute approximate surface area is 116 Å². The van der Waals surface area contributed by atoms with Crippen LogP contribution in [0.3, 0.4) is 0 Å². The quantitative estimate of drug-likeness (QED) is 0.873. The molecule has 1 aliphatic rings. The fourth-order valence-electron chi connectivity index (χ4n) is 1.99. The van der Waals surface area contributed by atoms with Crippen molar-refractivity contribution in [1.82, 2.24) is 15.1 Å². The van der Waals surface area contributed by atoms with Crippen molar-refractivity contribution in [2.45, 2.75) is 38.8 Å². The van der Waals surface area contributed by atoms with Gasteiger partial charge in [-0.3, -0.25) is 9.59 Å². The molecule has 1 unspecified atom stereocenters. The maximum atomic E-state index is 12.0. The topological polar surface area (TPSA) is 76.0 Å². The molecule has 0 aromatic carbocycles. The number of piperidine rings is 1. The minimum absolute atomic E-state index is 0.0342. The highest BCUT2D eigenvalue weighted by Crippen LogP contribution is 2.19. The monoisotopic (exact) mass is 284 g/mol. The molecule has 1 aromatic heterocycles. The molecule has 104 valence electrons. The van der Waals surface area contributed by atoms with E-state index in [-0.39, 0.29) is 28.6 Å². The first-order valence-corrected chi connectivity index (χ1v) is 6.67. The van der Waals surface area contributed by atoms with Crippen LogP contribution >= 0.6 is 11.6 Å². The molecule has 0 aliphatic carbocycles. The van der Waals surface area contributed by atoms with Gasteiger partial charge in [0.25, 0.3) is 5.56 Å². The predicted molar refractivity (Wildman–Crippen MR) is 73.5 cm³/mol. The zero-order chi connectivity index (χ0) is 14.0. The number of nitrogens with one attached hydrogen (secondary N) is 2. The van der Waals surface area contributed by atoms with E-state index in [1.54, 1.807) is 6.20 Å². The van der Waals surface area contributed by atoms with E-state index in [4.69, 9.17) is 11.6 Å². The largest absolute Gasteiger partial charge is 0.378 e. The summed E-state index contributed by atoms with van der Waals surface area (Å²) >= 11 is 6.07. The van der Waals surface area contributed by atoms with Crippen molar-refractivity contribution >= 4 is 23.2 Å². The first kappa shape index (κ1) is 13.9. The first-order chi connectivity index (χ1) is 8.99. The van der Waals surface area contributed by atoms with Crippen molar-refractivity contribution in [3.8, 4) is 0 Å². The molecule has 1 aliphatic heterocycles. The Morgan fingerprint density at radius 1 is 1.53 bits per heavy atom. The maximum Gasteiger partial charge on any atom is 0.287 e. The summed E-state index contributed by atoms with van der Waals surface area (Å²) in [5.41, 5.74) is 0.214. The van der Waals surface area contributed by atoms with Crippen molar-refractivity contribution < 1.29 is 4.79 Å². The van der Waals surface area contributed by atoms with Gasteiger partial charge in [-0.2, -0.15) is 5.10 Å². The Morgan fingerprint density at radius 3 is 2.84 bits per heavy atom. The molecular weight excluding hydrogens is 268 g/mol. The maximum absolute atomic E-state index is 12.0. The van der Waals surface area contributed by atoms with Crippen LogP contribution in [-0.2, 0) is 4.79 Å². The molecule has 0 spiro atoms. The van der Waals surface area contributed by atoms with E-state index < -0.39 is 0 Å². The van der Waals surface area contributed by atoms with Crippen LogP contribution in [0.4, 0.5) is 5.69 Å². The lowest BCUT2D eigenvalue weighted by Crippen LogP contribution is -2.42. The van der Waals surface area contributed by atoms with Gasteiger partial charge >= 0.3 is 0 Å². The second-order valence-corrected chi connectivity index (χ2v) is 5.28. The Bertz CT molecular complexity index is 531. The fraction of sp³-hybridized carbons (Fsp3) is 0.583. The van der Waals surface area contributed by atoms with Gasteiger partial charge in [0, 0.05) is 19.0 Å². The normalized spacial score (nSPS) is 19.4. The van der Waals surface area contributed by atoms with Crippen molar-refractivity contribution in [2.75, 3.05) is 11.9 Å². The van der Waals surface area contributed by atoms with Crippen LogP contribution in [0.5, 0.6) is 0 Å². The molecule has 7 heteroatoms. The standard InChI is InChI=1S/C12H17ClN4O2/c1-7(2)17-12(19)11(13)9(6-15-17)16-8-3-4-10(18)14-5-8/h6-8,16H,3-5H2,1-2H3,(H,14,18). The lowest BCUT2D eigenvalue weighted by molar-refractivity contribution is -0.122. The third-order valence-corrected chi connectivity index (χ3v) is 3.42. The Morgan fingerprint density at radius 2 is 2.26 bits per heavy atom.